The largest absolute Gasteiger partial charge is 0.293 e. The summed E-state index contributed by atoms with van der Waals surface area (Å²) >= 11 is 3.23. The van der Waals surface area contributed by atoms with Gasteiger partial charge in [0.2, 0.25) is 0 Å². The first kappa shape index (κ1) is 10.3. The van der Waals surface area contributed by atoms with Crippen molar-refractivity contribution < 1.29 is 0 Å². The van der Waals surface area contributed by atoms with Crippen molar-refractivity contribution in [3.05, 3.63) is 32.9 Å². The molecule has 4 nitrogen and oxygen atoms in total. The summed E-state index contributed by atoms with van der Waals surface area (Å²) < 4.78 is 2.15. The zero-order valence-electron chi connectivity index (χ0n) is 8.49. The van der Waals surface area contributed by atoms with Gasteiger partial charge >= 0.3 is 0 Å². The number of aryl methyl sites for hydroxylation is 2. The molecule has 0 amide bonds. The lowest BCUT2D eigenvalue weighted by Gasteiger charge is -2.07. The lowest BCUT2D eigenvalue weighted by atomic mass is 10.2. The summed E-state index contributed by atoms with van der Waals surface area (Å²) in [6.07, 6.45) is 0. The third-order valence-electron chi connectivity index (χ3n) is 2.32. The van der Waals surface area contributed by atoms with Gasteiger partial charge in [0, 0.05) is 18.0 Å². The minimum absolute atomic E-state index is 0.0324. The second-order valence-electron chi connectivity index (χ2n) is 3.23. The van der Waals surface area contributed by atoms with E-state index < -0.39 is 0 Å². The van der Waals surface area contributed by atoms with Crippen molar-refractivity contribution in [2.24, 2.45) is 0 Å². The Kier molecular flexibility index (Phi) is 2.56. The summed E-state index contributed by atoms with van der Waals surface area (Å²) in [5.74, 6) is 0. The van der Waals surface area contributed by atoms with Crippen molar-refractivity contribution in [2.45, 2.75) is 20.4 Å². The van der Waals surface area contributed by atoms with E-state index in [1.165, 1.54) is 0 Å². The standard InChI is InChI=1S/C10H10BrN3O/c1-3-14-8(15)5-4-7-6(2)12-10(11)13-9(7)14/h4-5H,3H2,1-2H3. The highest BCUT2D eigenvalue weighted by atomic mass is 79.9. The number of rotatable bonds is 1. The van der Waals surface area contributed by atoms with E-state index in [0.29, 0.717) is 16.9 Å². The fourth-order valence-electron chi connectivity index (χ4n) is 1.59. The van der Waals surface area contributed by atoms with E-state index in [2.05, 4.69) is 25.9 Å². The molecule has 0 aliphatic heterocycles. The molecular weight excluding hydrogens is 258 g/mol. The summed E-state index contributed by atoms with van der Waals surface area (Å²) in [5.41, 5.74) is 1.52. The first-order valence-corrected chi connectivity index (χ1v) is 5.46. The zero-order chi connectivity index (χ0) is 11.0. The molecule has 0 unspecified atom stereocenters. The molecule has 0 aromatic carbocycles. The molecule has 0 bridgehead atoms. The number of hydrogen-bond donors (Lipinski definition) is 0. The summed E-state index contributed by atoms with van der Waals surface area (Å²) in [6, 6.07) is 3.32. The molecule has 0 saturated carbocycles. The van der Waals surface area contributed by atoms with Gasteiger partial charge in [-0.1, -0.05) is 0 Å². The normalized spacial score (nSPS) is 10.9. The Morgan fingerprint density at radius 2 is 2.13 bits per heavy atom. The van der Waals surface area contributed by atoms with Crippen LogP contribution in [0.25, 0.3) is 11.0 Å². The minimum atomic E-state index is -0.0324. The van der Waals surface area contributed by atoms with Crippen molar-refractivity contribution in [3.8, 4) is 0 Å². The third-order valence-corrected chi connectivity index (χ3v) is 2.67. The predicted octanol–water partition coefficient (Wildman–Crippen LogP) is 1.88. The molecule has 2 rings (SSSR count). The Balaban J connectivity index is 2.97. The van der Waals surface area contributed by atoms with E-state index in [9.17, 15) is 4.79 Å². The van der Waals surface area contributed by atoms with E-state index in [4.69, 9.17) is 0 Å². The van der Waals surface area contributed by atoms with Gasteiger partial charge in [0.25, 0.3) is 5.56 Å². The molecule has 78 valence electrons. The number of nitrogens with zero attached hydrogens (tertiary/aromatic N) is 3. The van der Waals surface area contributed by atoms with Gasteiger partial charge in [0.15, 0.2) is 4.73 Å². The maximum Gasteiger partial charge on any atom is 0.252 e. The lowest BCUT2D eigenvalue weighted by molar-refractivity contribution is 0.746. The molecule has 0 saturated heterocycles. The number of halogens is 1. The molecule has 0 N–H and O–H groups in total. The van der Waals surface area contributed by atoms with Crippen LogP contribution in [0.3, 0.4) is 0 Å². The second kappa shape index (κ2) is 3.73. The molecule has 0 spiro atoms. The monoisotopic (exact) mass is 267 g/mol. The average Bonchev–Trinajstić information content (AvgIpc) is 2.17. The molecule has 2 aromatic heterocycles. The van der Waals surface area contributed by atoms with E-state index >= 15 is 0 Å². The van der Waals surface area contributed by atoms with Gasteiger partial charge in [0.1, 0.15) is 5.65 Å². The smallest absolute Gasteiger partial charge is 0.252 e. The van der Waals surface area contributed by atoms with Crippen molar-refractivity contribution >= 4 is 27.0 Å². The average molecular weight is 268 g/mol. The first-order valence-electron chi connectivity index (χ1n) is 4.67. The topological polar surface area (TPSA) is 47.8 Å². The molecule has 5 heteroatoms. The molecule has 0 atom stereocenters. The number of pyridine rings is 1. The van der Waals surface area contributed by atoms with Crippen molar-refractivity contribution in [1.29, 1.82) is 0 Å². The zero-order valence-corrected chi connectivity index (χ0v) is 10.1. The summed E-state index contributed by atoms with van der Waals surface area (Å²) in [5, 5.41) is 0.916. The Bertz CT molecular complexity index is 577. The van der Waals surface area contributed by atoms with Crippen molar-refractivity contribution in [2.75, 3.05) is 0 Å². The fourth-order valence-corrected chi connectivity index (χ4v) is 2.02. The van der Waals surface area contributed by atoms with Crippen LogP contribution in [-0.2, 0) is 6.54 Å². The van der Waals surface area contributed by atoms with Gasteiger partial charge in [0.05, 0.1) is 5.69 Å². The van der Waals surface area contributed by atoms with Crippen molar-refractivity contribution in [3.63, 3.8) is 0 Å². The van der Waals surface area contributed by atoms with Crippen LogP contribution in [0.4, 0.5) is 0 Å². The predicted molar refractivity (Wildman–Crippen MR) is 61.9 cm³/mol. The van der Waals surface area contributed by atoms with Gasteiger partial charge in [-0.2, -0.15) is 0 Å². The van der Waals surface area contributed by atoms with Gasteiger partial charge in [-0.3, -0.25) is 9.36 Å². The van der Waals surface area contributed by atoms with Gasteiger partial charge in [-0.25, -0.2) is 9.97 Å². The number of fused-ring (bicyclic) bond motifs is 1. The van der Waals surface area contributed by atoms with Crippen LogP contribution in [0.15, 0.2) is 21.7 Å². The molecular formula is C10H10BrN3O. The molecule has 15 heavy (non-hydrogen) atoms. The van der Waals surface area contributed by atoms with Crippen LogP contribution < -0.4 is 5.56 Å². The lowest BCUT2D eigenvalue weighted by Crippen LogP contribution is -2.19. The molecule has 0 fully saturated rings. The van der Waals surface area contributed by atoms with Crippen LogP contribution in [0, 0.1) is 6.92 Å². The van der Waals surface area contributed by atoms with Crippen LogP contribution in [0.2, 0.25) is 0 Å². The van der Waals surface area contributed by atoms with Gasteiger partial charge < -0.3 is 0 Å². The molecule has 0 aliphatic rings. The van der Waals surface area contributed by atoms with Gasteiger partial charge in [-0.05, 0) is 35.8 Å². The quantitative estimate of drug-likeness (QED) is 0.742. The number of hydrogen-bond acceptors (Lipinski definition) is 3. The minimum Gasteiger partial charge on any atom is -0.293 e. The summed E-state index contributed by atoms with van der Waals surface area (Å²) in [6.45, 7) is 4.44. The van der Waals surface area contributed by atoms with Crippen molar-refractivity contribution in [1.82, 2.24) is 14.5 Å². The van der Waals surface area contributed by atoms with E-state index in [1.54, 1.807) is 16.7 Å². The summed E-state index contributed by atoms with van der Waals surface area (Å²) in [7, 11) is 0. The number of aromatic nitrogens is 3. The van der Waals surface area contributed by atoms with Crippen LogP contribution in [-0.4, -0.2) is 14.5 Å². The Hall–Kier alpha value is -1.23. The molecule has 0 radical (unpaired) electrons. The Morgan fingerprint density at radius 1 is 1.40 bits per heavy atom. The third kappa shape index (κ3) is 1.67. The SMILES string of the molecule is CCn1c(=O)ccc2c(C)nc(Br)nc21. The highest BCUT2D eigenvalue weighted by Gasteiger charge is 2.07. The van der Waals surface area contributed by atoms with Crippen LogP contribution in [0.1, 0.15) is 12.6 Å². The maximum absolute atomic E-state index is 11.6. The first-order chi connectivity index (χ1) is 7.13. The molecule has 2 heterocycles. The van der Waals surface area contributed by atoms with Crippen LogP contribution in [0.5, 0.6) is 0 Å². The Morgan fingerprint density at radius 3 is 2.80 bits per heavy atom. The van der Waals surface area contributed by atoms with Crippen LogP contribution >= 0.6 is 15.9 Å². The highest BCUT2D eigenvalue weighted by molar-refractivity contribution is 9.10. The fraction of sp³-hybridized carbons (Fsp3) is 0.300. The van der Waals surface area contributed by atoms with E-state index in [0.717, 1.165) is 11.1 Å². The van der Waals surface area contributed by atoms with E-state index in [-0.39, 0.29) is 5.56 Å². The Labute approximate surface area is 95.1 Å². The second-order valence-corrected chi connectivity index (χ2v) is 3.94. The molecule has 0 aliphatic carbocycles. The van der Waals surface area contributed by atoms with E-state index in [1.807, 2.05) is 13.8 Å². The van der Waals surface area contributed by atoms with Gasteiger partial charge in [-0.15, -0.1) is 0 Å². The highest BCUT2D eigenvalue weighted by Crippen LogP contribution is 2.15. The molecule has 2 aromatic rings. The maximum atomic E-state index is 11.6. The summed E-state index contributed by atoms with van der Waals surface area (Å²) in [4.78, 5) is 20.0.